The number of benzene rings is 9. The van der Waals surface area contributed by atoms with E-state index in [-0.39, 0.29) is 0 Å². The third-order valence-corrected chi connectivity index (χ3v) is 12.1. The molecule has 1 aliphatic rings. The van der Waals surface area contributed by atoms with Crippen LogP contribution in [0.15, 0.2) is 231 Å². The predicted molar refractivity (Wildman–Crippen MR) is 257 cm³/mol. The van der Waals surface area contributed by atoms with Crippen LogP contribution < -0.4 is 4.74 Å². The van der Waals surface area contributed by atoms with E-state index in [0.29, 0.717) is 23.2 Å². The smallest absolute Gasteiger partial charge is 0.187 e. The maximum absolute atomic E-state index is 7.30. The van der Waals surface area contributed by atoms with E-state index in [1.165, 1.54) is 11.1 Å². The van der Waals surface area contributed by atoms with Crippen molar-refractivity contribution < 1.29 is 4.74 Å². The van der Waals surface area contributed by atoms with Crippen LogP contribution in [0, 0.1) is 6.57 Å². The highest BCUT2D eigenvalue weighted by atomic mass is 16.5. The van der Waals surface area contributed by atoms with Gasteiger partial charge >= 0.3 is 0 Å². The summed E-state index contributed by atoms with van der Waals surface area (Å²) in [6, 6.07) is 79.6. The van der Waals surface area contributed by atoms with E-state index in [2.05, 4.69) is 163 Å². The first-order valence-corrected chi connectivity index (χ1v) is 21.3. The molecule has 0 unspecified atom stereocenters. The van der Waals surface area contributed by atoms with Gasteiger partial charge in [-0.25, -0.2) is 19.8 Å². The van der Waals surface area contributed by atoms with Gasteiger partial charge in [0.15, 0.2) is 23.2 Å². The summed E-state index contributed by atoms with van der Waals surface area (Å²) in [5, 5.41) is 0. The number of ether oxygens (including phenoxy) is 1. The van der Waals surface area contributed by atoms with E-state index < -0.39 is 5.41 Å². The number of hydrogen-bond acceptors (Lipinski definition) is 4. The molecular weight excluding hydrogens is 781 g/mol. The molecule has 11 rings (SSSR count). The lowest BCUT2D eigenvalue weighted by molar-refractivity contribution is 0.435. The Morgan fingerprint density at radius 2 is 0.734 bits per heavy atom. The molecular formula is C59H38N4O. The van der Waals surface area contributed by atoms with Crippen molar-refractivity contribution in [3.63, 3.8) is 0 Å². The lowest BCUT2D eigenvalue weighted by Crippen LogP contribution is -2.34. The molecule has 0 bridgehead atoms. The van der Waals surface area contributed by atoms with Gasteiger partial charge in [0.25, 0.3) is 0 Å². The summed E-state index contributed by atoms with van der Waals surface area (Å²) >= 11 is 0. The second-order valence-corrected chi connectivity index (χ2v) is 15.9. The van der Waals surface area contributed by atoms with Gasteiger partial charge in [0.05, 0.1) is 12.0 Å². The Labute approximate surface area is 372 Å². The van der Waals surface area contributed by atoms with Crippen LogP contribution >= 0.6 is 0 Å². The maximum atomic E-state index is 7.30. The molecule has 2 heterocycles. The van der Waals surface area contributed by atoms with Crippen LogP contribution in [-0.4, -0.2) is 15.0 Å². The molecule has 0 spiro atoms. The van der Waals surface area contributed by atoms with Crippen LogP contribution in [-0.2, 0) is 5.41 Å². The summed E-state index contributed by atoms with van der Waals surface area (Å²) in [4.78, 5) is 18.6. The summed E-state index contributed by atoms with van der Waals surface area (Å²) in [5.41, 5.74) is 13.7. The van der Waals surface area contributed by atoms with Crippen molar-refractivity contribution >= 4 is 5.69 Å². The molecule has 0 radical (unpaired) electrons. The molecule has 1 aliphatic heterocycles. The molecule has 300 valence electrons. The monoisotopic (exact) mass is 818 g/mol. The molecule has 0 N–H and O–H groups in total. The summed E-state index contributed by atoms with van der Waals surface area (Å²) < 4.78 is 6.81. The maximum Gasteiger partial charge on any atom is 0.187 e. The quantitative estimate of drug-likeness (QED) is 0.143. The van der Waals surface area contributed by atoms with Gasteiger partial charge < -0.3 is 4.74 Å². The van der Waals surface area contributed by atoms with Crippen molar-refractivity contribution in [2.45, 2.75) is 5.41 Å². The van der Waals surface area contributed by atoms with Gasteiger partial charge in [-0.2, -0.15) is 0 Å². The van der Waals surface area contributed by atoms with Crippen molar-refractivity contribution in [2.24, 2.45) is 0 Å². The minimum Gasteiger partial charge on any atom is -0.457 e. The zero-order chi connectivity index (χ0) is 42.9. The average Bonchev–Trinajstić information content (AvgIpc) is 3.38. The van der Waals surface area contributed by atoms with Gasteiger partial charge in [-0.05, 0) is 68.8 Å². The minimum absolute atomic E-state index is 0.570. The van der Waals surface area contributed by atoms with Crippen molar-refractivity contribution in [3.8, 4) is 79.0 Å². The Bertz CT molecular complexity index is 3300. The van der Waals surface area contributed by atoms with E-state index in [9.17, 15) is 0 Å². The topological polar surface area (TPSA) is 52.3 Å². The summed E-state index contributed by atoms with van der Waals surface area (Å²) in [6.07, 6.45) is 0. The van der Waals surface area contributed by atoms with Gasteiger partial charge in [-0.1, -0.05) is 206 Å². The average molecular weight is 819 g/mol. The fourth-order valence-corrected chi connectivity index (χ4v) is 9.00. The van der Waals surface area contributed by atoms with Crippen LogP contribution in [0.1, 0.15) is 22.3 Å². The molecule has 5 nitrogen and oxygen atoms in total. The standard InChI is InChI=1S/C59H38N4O/c1-60-51-34-31-41(32-35-51)40-27-29-43(30-28-40)57-61-56(42-15-5-2-6-16-42)62-58(63-57)48-20-14-19-46(38-48)44-17-13-18-45(37-44)47-33-36-53-55(39-47)64-54-26-12-11-25-52(54)59(53,49-21-7-3-8-22-49)50-23-9-4-10-24-50/h2-39H. The van der Waals surface area contributed by atoms with E-state index in [0.717, 1.165) is 72.7 Å². The Morgan fingerprint density at radius 1 is 0.328 bits per heavy atom. The highest BCUT2D eigenvalue weighted by molar-refractivity contribution is 5.79. The van der Waals surface area contributed by atoms with Gasteiger partial charge in [-0.3, -0.25) is 0 Å². The largest absolute Gasteiger partial charge is 0.457 e. The fourth-order valence-electron chi connectivity index (χ4n) is 9.00. The first-order valence-electron chi connectivity index (χ1n) is 21.3. The summed E-state index contributed by atoms with van der Waals surface area (Å²) in [7, 11) is 0. The van der Waals surface area contributed by atoms with Crippen molar-refractivity contribution in [2.75, 3.05) is 0 Å². The SMILES string of the molecule is [C-]#[N+]c1ccc(-c2ccc(-c3nc(-c4ccccc4)nc(-c4cccc(-c5cccc(-c6ccc7c(c6)Oc6ccccc6C7(c6ccccc6)c6ccccc6)c5)c4)n3)cc2)cc1. The highest BCUT2D eigenvalue weighted by Gasteiger charge is 2.45. The van der Waals surface area contributed by atoms with Crippen LogP contribution in [0.3, 0.4) is 0 Å². The number of aromatic nitrogens is 3. The molecule has 5 heteroatoms. The van der Waals surface area contributed by atoms with Crippen LogP contribution in [0.2, 0.25) is 0 Å². The molecule has 10 aromatic rings. The molecule has 0 fully saturated rings. The highest BCUT2D eigenvalue weighted by Crippen LogP contribution is 2.55. The molecule has 64 heavy (non-hydrogen) atoms. The van der Waals surface area contributed by atoms with Crippen molar-refractivity contribution in [1.82, 2.24) is 15.0 Å². The van der Waals surface area contributed by atoms with E-state index >= 15 is 0 Å². The Morgan fingerprint density at radius 3 is 1.33 bits per heavy atom. The lowest BCUT2D eigenvalue weighted by Gasteiger charge is -2.41. The van der Waals surface area contributed by atoms with Gasteiger partial charge in [0.2, 0.25) is 0 Å². The molecule has 1 aromatic heterocycles. The van der Waals surface area contributed by atoms with Crippen LogP contribution in [0.4, 0.5) is 5.69 Å². The fraction of sp³-hybridized carbons (Fsp3) is 0.0169. The second kappa shape index (κ2) is 16.3. The Balaban J connectivity index is 0.963. The summed E-state index contributed by atoms with van der Waals surface area (Å²) in [5.74, 6) is 3.47. The molecule has 0 atom stereocenters. The zero-order valence-electron chi connectivity index (χ0n) is 34.6. The van der Waals surface area contributed by atoms with Gasteiger partial charge in [0, 0.05) is 27.8 Å². The van der Waals surface area contributed by atoms with Gasteiger partial charge in [0.1, 0.15) is 11.5 Å². The number of nitrogens with zero attached hydrogens (tertiary/aromatic N) is 4. The molecule has 9 aromatic carbocycles. The Kier molecular flexibility index (Phi) is 9.72. The number of rotatable bonds is 8. The zero-order valence-corrected chi connectivity index (χ0v) is 34.6. The molecule has 0 saturated carbocycles. The molecule has 0 saturated heterocycles. The number of fused-ring (bicyclic) bond motifs is 2. The third kappa shape index (κ3) is 6.90. The van der Waals surface area contributed by atoms with Crippen molar-refractivity contribution in [3.05, 3.63) is 264 Å². The number of para-hydroxylation sites is 1. The van der Waals surface area contributed by atoms with E-state index in [4.69, 9.17) is 26.3 Å². The predicted octanol–water partition coefficient (Wildman–Crippen LogP) is 14.9. The lowest BCUT2D eigenvalue weighted by atomic mass is 9.63. The van der Waals surface area contributed by atoms with E-state index in [1.54, 1.807) is 0 Å². The second-order valence-electron chi connectivity index (χ2n) is 15.9. The first-order chi connectivity index (χ1) is 31.6. The summed E-state index contributed by atoms with van der Waals surface area (Å²) in [6.45, 7) is 7.30. The third-order valence-electron chi connectivity index (χ3n) is 12.1. The van der Waals surface area contributed by atoms with Crippen LogP contribution in [0.25, 0.3) is 72.4 Å². The first kappa shape index (κ1) is 38.2. The molecule has 0 aliphatic carbocycles. The van der Waals surface area contributed by atoms with Crippen molar-refractivity contribution in [1.29, 1.82) is 0 Å². The van der Waals surface area contributed by atoms with Gasteiger partial charge in [-0.15, -0.1) is 0 Å². The normalized spacial score (nSPS) is 12.3. The van der Waals surface area contributed by atoms with E-state index in [1.807, 2.05) is 72.8 Å². The van der Waals surface area contributed by atoms with Crippen LogP contribution in [0.5, 0.6) is 11.5 Å². The number of hydrogen-bond donors (Lipinski definition) is 0. The Hall–Kier alpha value is -8.72. The minimum atomic E-state index is -0.570. The molecule has 0 amide bonds.